The van der Waals surface area contributed by atoms with Crippen molar-refractivity contribution in [2.75, 3.05) is 0 Å². The predicted molar refractivity (Wildman–Crippen MR) is 111 cm³/mol. The molecular weight excluding hydrogens is 338 g/mol. The highest BCUT2D eigenvalue weighted by molar-refractivity contribution is 6.30. The van der Waals surface area contributed by atoms with Gasteiger partial charge in [0, 0.05) is 21.5 Å². The first-order valence-corrected chi connectivity index (χ1v) is 9.04. The number of hydrogen-bond acceptors (Lipinski definition) is 0. The number of para-hydroxylation sites is 2. The highest BCUT2D eigenvalue weighted by Crippen LogP contribution is 2.33. The van der Waals surface area contributed by atoms with Crippen molar-refractivity contribution >= 4 is 33.4 Å². The number of fused-ring (bicyclic) bond motifs is 3. The van der Waals surface area contributed by atoms with Crippen LogP contribution in [0.1, 0.15) is 0 Å². The second kappa shape index (κ2) is 6.05. The van der Waals surface area contributed by atoms with Gasteiger partial charge in [-0.25, -0.2) is 0 Å². The zero-order valence-corrected chi connectivity index (χ0v) is 14.8. The van der Waals surface area contributed by atoms with Gasteiger partial charge in [-0.15, -0.1) is 0 Å². The van der Waals surface area contributed by atoms with Crippen LogP contribution in [0, 0.1) is 0 Å². The number of aromatic nitrogens is 1. The Hall–Kier alpha value is -3.03. The second-order valence-corrected chi connectivity index (χ2v) is 6.86. The molecule has 0 aliphatic heterocycles. The van der Waals surface area contributed by atoms with Gasteiger partial charge in [-0.1, -0.05) is 72.3 Å². The number of rotatable bonds is 2. The molecule has 0 aliphatic rings. The Labute approximate surface area is 157 Å². The minimum Gasteiger partial charge on any atom is -0.309 e. The smallest absolute Gasteiger partial charge is 0.0541 e. The quantitative estimate of drug-likeness (QED) is 0.319. The average molecular weight is 354 g/mol. The molecule has 0 radical (unpaired) electrons. The van der Waals surface area contributed by atoms with Gasteiger partial charge in [0.25, 0.3) is 0 Å². The topological polar surface area (TPSA) is 4.93 Å². The SMILES string of the molecule is Clc1ccc(-c2cccc(-n3c4ccccc4c4ccccc43)c2)cc1. The molecule has 0 fully saturated rings. The Morgan fingerprint density at radius 3 is 1.81 bits per heavy atom. The molecule has 0 bridgehead atoms. The highest BCUT2D eigenvalue weighted by atomic mass is 35.5. The van der Waals surface area contributed by atoms with Crippen LogP contribution in [-0.2, 0) is 0 Å². The third kappa shape index (κ3) is 2.40. The van der Waals surface area contributed by atoms with Crippen LogP contribution in [0.5, 0.6) is 0 Å². The third-order valence-electron chi connectivity index (χ3n) is 4.86. The van der Waals surface area contributed by atoms with Crippen LogP contribution in [-0.4, -0.2) is 4.57 Å². The van der Waals surface area contributed by atoms with Crippen LogP contribution in [0.2, 0.25) is 5.02 Å². The maximum Gasteiger partial charge on any atom is 0.0541 e. The molecule has 5 aromatic rings. The maximum atomic E-state index is 6.04. The summed E-state index contributed by atoms with van der Waals surface area (Å²) in [5.41, 5.74) is 5.96. The fourth-order valence-corrected chi connectivity index (χ4v) is 3.79. The van der Waals surface area contributed by atoms with E-state index >= 15 is 0 Å². The van der Waals surface area contributed by atoms with Crippen LogP contribution in [0.15, 0.2) is 97.1 Å². The Bertz CT molecular complexity index is 1180. The van der Waals surface area contributed by atoms with E-state index < -0.39 is 0 Å². The van der Waals surface area contributed by atoms with Crippen molar-refractivity contribution in [3.63, 3.8) is 0 Å². The van der Waals surface area contributed by atoms with Crippen molar-refractivity contribution < 1.29 is 0 Å². The number of halogens is 1. The molecule has 4 aromatic carbocycles. The summed E-state index contributed by atoms with van der Waals surface area (Å²) in [6.07, 6.45) is 0. The van der Waals surface area contributed by atoms with Crippen molar-refractivity contribution in [3.8, 4) is 16.8 Å². The first-order chi connectivity index (χ1) is 12.8. The normalized spacial score (nSPS) is 11.3. The van der Waals surface area contributed by atoms with Crippen molar-refractivity contribution in [3.05, 3.63) is 102 Å². The van der Waals surface area contributed by atoms with Gasteiger partial charge in [0.15, 0.2) is 0 Å². The molecule has 1 nitrogen and oxygen atoms in total. The van der Waals surface area contributed by atoms with Gasteiger partial charge in [0.05, 0.1) is 11.0 Å². The lowest BCUT2D eigenvalue weighted by atomic mass is 10.1. The molecule has 124 valence electrons. The summed E-state index contributed by atoms with van der Waals surface area (Å²) in [5, 5.41) is 3.31. The van der Waals surface area contributed by atoms with Gasteiger partial charge in [-0.3, -0.25) is 0 Å². The molecule has 0 unspecified atom stereocenters. The lowest BCUT2D eigenvalue weighted by molar-refractivity contribution is 1.18. The van der Waals surface area contributed by atoms with E-state index in [2.05, 4.69) is 89.5 Å². The van der Waals surface area contributed by atoms with Gasteiger partial charge < -0.3 is 4.57 Å². The number of benzene rings is 4. The average Bonchev–Trinajstić information content (AvgIpc) is 3.03. The molecule has 5 rings (SSSR count). The van der Waals surface area contributed by atoms with Crippen molar-refractivity contribution in [1.82, 2.24) is 4.57 Å². The van der Waals surface area contributed by atoms with Crippen LogP contribution in [0.3, 0.4) is 0 Å². The lowest BCUT2D eigenvalue weighted by Gasteiger charge is -2.10. The molecule has 0 aliphatic carbocycles. The van der Waals surface area contributed by atoms with Crippen LogP contribution < -0.4 is 0 Å². The summed E-state index contributed by atoms with van der Waals surface area (Å²) in [6, 6.07) is 33.8. The monoisotopic (exact) mass is 353 g/mol. The third-order valence-corrected chi connectivity index (χ3v) is 5.11. The Balaban J connectivity index is 1.78. The zero-order valence-electron chi connectivity index (χ0n) is 14.1. The first-order valence-electron chi connectivity index (χ1n) is 8.66. The molecule has 0 N–H and O–H groups in total. The maximum absolute atomic E-state index is 6.04. The van der Waals surface area contributed by atoms with E-state index in [1.807, 2.05) is 12.1 Å². The zero-order chi connectivity index (χ0) is 17.5. The minimum absolute atomic E-state index is 0.757. The molecule has 0 spiro atoms. The molecule has 0 saturated heterocycles. The fraction of sp³-hybridized carbons (Fsp3) is 0. The van der Waals surface area contributed by atoms with Gasteiger partial charge in [0.2, 0.25) is 0 Å². The van der Waals surface area contributed by atoms with E-state index in [0.717, 1.165) is 16.3 Å². The van der Waals surface area contributed by atoms with Crippen LogP contribution in [0.4, 0.5) is 0 Å². The minimum atomic E-state index is 0.757. The van der Waals surface area contributed by atoms with Gasteiger partial charge in [0.1, 0.15) is 0 Å². The Kier molecular flexibility index (Phi) is 3.55. The van der Waals surface area contributed by atoms with E-state index in [0.29, 0.717) is 0 Å². The molecule has 1 aromatic heterocycles. The van der Waals surface area contributed by atoms with Crippen molar-refractivity contribution in [2.24, 2.45) is 0 Å². The van der Waals surface area contributed by atoms with E-state index in [1.54, 1.807) is 0 Å². The fourth-order valence-electron chi connectivity index (χ4n) is 3.67. The molecule has 1 heterocycles. The van der Waals surface area contributed by atoms with Gasteiger partial charge >= 0.3 is 0 Å². The number of hydrogen-bond donors (Lipinski definition) is 0. The molecule has 26 heavy (non-hydrogen) atoms. The predicted octanol–water partition coefficient (Wildman–Crippen LogP) is 7.10. The molecular formula is C24H16ClN. The summed E-state index contributed by atoms with van der Waals surface area (Å²) in [4.78, 5) is 0. The summed E-state index contributed by atoms with van der Waals surface area (Å²) in [5.74, 6) is 0. The van der Waals surface area contributed by atoms with Crippen molar-refractivity contribution in [1.29, 1.82) is 0 Å². The molecule has 2 heteroatoms. The van der Waals surface area contributed by atoms with Crippen LogP contribution >= 0.6 is 11.6 Å². The molecule has 0 amide bonds. The van der Waals surface area contributed by atoms with E-state index in [9.17, 15) is 0 Å². The largest absolute Gasteiger partial charge is 0.309 e. The Morgan fingerprint density at radius 2 is 1.15 bits per heavy atom. The molecule has 0 saturated carbocycles. The van der Waals surface area contributed by atoms with E-state index in [4.69, 9.17) is 11.6 Å². The number of nitrogens with zero attached hydrogens (tertiary/aromatic N) is 1. The lowest BCUT2D eigenvalue weighted by Crippen LogP contribution is -1.94. The Morgan fingerprint density at radius 1 is 0.538 bits per heavy atom. The van der Waals surface area contributed by atoms with Crippen LogP contribution in [0.25, 0.3) is 38.6 Å². The van der Waals surface area contributed by atoms with Gasteiger partial charge in [-0.05, 0) is 47.5 Å². The van der Waals surface area contributed by atoms with E-state index in [1.165, 1.54) is 27.4 Å². The first kappa shape index (κ1) is 15.2. The summed E-state index contributed by atoms with van der Waals surface area (Å²) in [6.45, 7) is 0. The van der Waals surface area contributed by atoms with Gasteiger partial charge in [-0.2, -0.15) is 0 Å². The second-order valence-electron chi connectivity index (χ2n) is 6.43. The van der Waals surface area contributed by atoms with Crippen molar-refractivity contribution in [2.45, 2.75) is 0 Å². The summed E-state index contributed by atoms with van der Waals surface area (Å²) in [7, 11) is 0. The summed E-state index contributed by atoms with van der Waals surface area (Å²) >= 11 is 6.04. The van der Waals surface area contributed by atoms with E-state index in [-0.39, 0.29) is 0 Å². The standard InChI is InChI=1S/C24H16ClN/c25-19-14-12-17(13-15-19)18-6-5-7-20(16-18)26-23-10-3-1-8-21(23)22-9-2-4-11-24(22)26/h1-16H. The molecule has 0 atom stereocenters. The highest BCUT2D eigenvalue weighted by Gasteiger charge is 2.11. The summed E-state index contributed by atoms with van der Waals surface area (Å²) < 4.78 is 2.34.